The summed E-state index contributed by atoms with van der Waals surface area (Å²) < 4.78 is 0. The molecule has 0 aliphatic carbocycles. The molecule has 1 aliphatic rings. The summed E-state index contributed by atoms with van der Waals surface area (Å²) in [6, 6.07) is 4.53. The second kappa shape index (κ2) is 7.72. The Balaban J connectivity index is 2.29. The molecule has 3 unspecified atom stereocenters. The van der Waals surface area contributed by atoms with E-state index < -0.39 is 0 Å². The molecular weight excluding hydrogens is 250 g/mol. The maximum Gasteiger partial charge on any atom is 0.0587 e. The van der Waals surface area contributed by atoms with Crippen LogP contribution in [0.25, 0.3) is 0 Å². The summed E-state index contributed by atoms with van der Waals surface area (Å²) in [4.78, 5) is 6.66. The number of nitrogens with zero attached hydrogens (tertiary/aromatic N) is 2. The van der Waals surface area contributed by atoms with E-state index in [2.05, 4.69) is 22.9 Å². The number of rotatable bonds is 5. The van der Waals surface area contributed by atoms with Gasteiger partial charge in [-0.2, -0.15) is 0 Å². The quantitative estimate of drug-likeness (QED) is 0.865. The minimum atomic E-state index is 0.0753. The van der Waals surface area contributed by atoms with E-state index in [0.717, 1.165) is 19.4 Å². The highest BCUT2D eigenvalue weighted by atomic mass is 16.3. The SMILES string of the molecule is CCC(N)C(c1cccnc1)N1CCCCCC1CO. The van der Waals surface area contributed by atoms with Crippen LogP contribution in [0.2, 0.25) is 0 Å². The van der Waals surface area contributed by atoms with Gasteiger partial charge in [-0.05, 0) is 37.4 Å². The molecule has 3 N–H and O–H groups in total. The van der Waals surface area contributed by atoms with Crippen molar-refractivity contribution < 1.29 is 5.11 Å². The highest BCUT2D eigenvalue weighted by molar-refractivity contribution is 5.17. The van der Waals surface area contributed by atoms with Crippen molar-refractivity contribution >= 4 is 0 Å². The normalized spacial score (nSPS) is 24.1. The third-order valence-electron chi connectivity index (χ3n) is 4.39. The molecule has 1 aromatic heterocycles. The van der Waals surface area contributed by atoms with E-state index in [1.54, 1.807) is 6.20 Å². The van der Waals surface area contributed by atoms with Crippen LogP contribution >= 0.6 is 0 Å². The van der Waals surface area contributed by atoms with E-state index in [9.17, 15) is 5.11 Å². The Labute approximate surface area is 122 Å². The van der Waals surface area contributed by atoms with Crippen molar-refractivity contribution in [2.24, 2.45) is 5.73 Å². The molecule has 0 spiro atoms. The molecule has 20 heavy (non-hydrogen) atoms. The molecule has 112 valence electrons. The van der Waals surface area contributed by atoms with Crippen LogP contribution in [-0.2, 0) is 0 Å². The zero-order valence-electron chi connectivity index (χ0n) is 12.4. The lowest BCUT2D eigenvalue weighted by molar-refractivity contribution is 0.0712. The van der Waals surface area contributed by atoms with Gasteiger partial charge in [0.05, 0.1) is 12.6 Å². The molecule has 4 heteroatoms. The molecule has 3 atom stereocenters. The summed E-state index contributed by atoms with van der Waals surface area (Å²) >= 11 is 0. The van der Waals surface area contributed by atoms with Crippen molar-refractivity contribution in [3.05, 3.63) is 30.1 Å². The zero-order valence-corrected chi connectivity index (χ0v) is 12.4. The Kier molecular flexibility index (Phi) is 5.95. The fourth-order valence-electron chi connectivity index (χ4n) is 3.22. The van der Waals surface area contributed by atoms with Crippen LogP contribution < -0.4 is 5.73 Å². The highest BCUT2D eigenvalue weighted by Crippen LogP contribution is 2.30. The lowest BCUT2D eigenvalue weighted by Crippen LogP contribution is -2.47. The van der Waals surface area contributed by atoms with Crippen LogP contribution in [0.4, 0.5) is 0 Å². The number of likely N-dealkylation sites (tertiary alicyclic amines) is 1. The fraction of sp³-hybridized carbons (Fsp3) is 0.688. The minimum absolute atomic E-state index is 0.0753. The summed E-state index contributed by atoms with van der Waals surface area (Å²) in [5, 5.41) is 9.74. The third-order valence-corrected chi connectivity index (χ3v) is 4.39. The van der Waals surface area contributed by atoms with E-state index in [1.165, 1.54) is 24.8 Å². The Bertz CT molecular complexity index is 385. The second-order valence-corrected chi connectivity index (χ2v) is 5.73. The molecule has 0 amide bonds. The first kappa shape index (κ1) is 15.4. The first-order chi connectivity index (χ1) is 9.77. The maximum atomic E-state index is 9.74. The minimum Gasteiger partial charge on any atom is -0.395 e. The summed E-state index contributed by atoms with van der Waals surface area (Å²) in [5.74, 6) is 0. The van der Waals surface area contributed by atoms with Gasteiger partial charge in [0.15, 0.2) is 0 Å². The third kappa shape index (κ3) is 3.57. The van der Waals surface area contributed by atoms with E-state index in [0.29, 0.717) is 0 Å². The van der Waals surface area contributed by atoms with Gasteiger partial charge in [0.25, 0.3) is 0 Å². The Morgan fingerprint density at radius 2 is 2.30 bits per heavy atom. The molecule has 0 saturated carbocycles. The van der Waals surface area contributed by atoms with Crippen LogP contribution in [0.5, 0.6) is 0 Å². The Hall–Kier alpha value is -0.970. The molecule has 1 fully saturated rings. The van der Waals surface area contributed by atoms with Gasteiger partial charge in [-0.1, -0.05) is 25.8 Å². The van der Waals surface area contributed by atoms with Crippen molar-refractivity contribution in [1.29, 1.82) is 0 Å². The van der Waals surface area contributed by atoms with Crippen molar-refractivity contribution in [1.82, 2.24) is 9.88 Å². The molecule has 4 nitrogen and oxygen atoms in total. The lowest BCUT2D eigenvalue weighted by Gasteiger charge is -2.39. The maximum absolute atomic E-state index is 9.74. The molecule has 2 heterocycles. The molecule has 1 saturated heterocycles. The number of nitrogens with two attached hydrogens (primary N) is 1. The van der Waals surface area contributed by atoms with Crippen molar-refractivity contribution in [3.63, 3.8) is 0 Å². The Morgan fingerprint density at radius 3 is 2.95 bits per heavy atom. The summed E-state index contributed by atoms with van der Waals surface area (Å²) in [5.41, 5.74) is 7.57. The van der Waals surface area contributed by atoms with Gasteiger partial charge >= 0.3 is 0 Å². The monoisotopic (exact) mass is 277 g/mol. The smallest absolute Gasteiger partial charge is 0.0587 e. The number of hydrogen-bond acceptors (Lipinski definition) is 4. The lowest BCUT2D eigenvalue weighted by atomic mass is 9.95. The second-order valence-electron chi connectivity index (χ2n) is 5.73. The number of pyridine rings is 1. The van der Waals surface area contributed by atoms with E-state index in [-0.39, 0.29) is 24.7 Å². The number of aromatic nitrogens is 1. The average Bonchev–Trinajstić information content (AvgIpc) is 2.74. The first-order valence-electron chi connectivity index (χ1n) is 7.80. The van der Waals surface area contributed by atoms with Gasteiger partial charge in [-0.15, -0.1) is 0 Å². The van der Waals surface area contributed by atoms with Gasteiger partial charge in [-0.25, -0.2) is 0 Å². The zero-order chi connectivity index (χ0) is 14.4. The Morgan fingerprint density at radius 1 is 1.45 bits per heavy atom. The molecule has 0 bridgehead atoms. The molecule has 1 aliphatic heterocycles. The molecular formula is C16H27N3O. The predicted octanol–water partition coefficient (Wildman–Crippen LogP) is 2.10. The van der Waals surface area contributed by atoms with E-state index in [4.69, 9.17) is 5.73 Å². The molecule has 0 aromatic carbocycles. The van der Waals surface area contributed by atoms with Crippen LogP contribution in [0.3, 0.4) is 0 Å². The van der Waals surface area contributed by atoms with Gasteiger partial charge < -0.3 is 10.8 Å². The van der Waals surface area contributed by atoms with Crippen LogP contribution in [0.1, 0.15) is 50.6 Å². The average molecular weight is 277 g/mol. The standard InChI is InChI=1S/C16H27N3O/c1-2-15(17)16(13-7-6-9-18-11-13)19-10-5-3-4-8-14(19)12-20/h6-7,9,11,14-16,20H,2-5,8,10,12,17H2,1H3. The molecule has 2 rings (SSSR count). The number of aliphatic hydroxyl groups is 1. The van der Waals surface area contributed by atoms with Crippen molar-refractivity contribution in [2.75, 3.05) is 13.2 Å². The largest absolute Gasteiger partial charge is 0.395 e. The van der Waals surface area contributed by atoms with Crippen LogP contribution in [0, 0.1) is 0 Å². The predicted molar refractivity (Wildman–Crippen MR) is 81.3 cm³/mol. The number of aliphatic hydroxyl groups excluding tert-OH is 1. The van der Waals surface area contributed by atoms with E-state index in [1.807, 2.05) is 12.3 Å². The van der Waals surface area contributed by atoms with Gasteiger partial charge in [0.1, 0.15) is 0 Å². The van der Waals surface area contributed by atoms with Crippen molar-refractivity contribution in [2.45, 2.75) is 57.2 Å². The number of hydrogen-bond donors (Lipinski definition) is 2. The topological polar surface area (TPSA) is 62.4 Å². The highest BCUT2D eigenvalue weighted by Gasteiger charge is 2.31. The van der Waals surface area contributed by atoms with Crippen molar-refractivity contribution in [3.8, 4) is 0 Å². The van der Waals surface area contributed by atoms with Crippen LogP contribution in [-0.4, -0.2) is 40.2 Å². The first-order valence-corrected chi connectivity index (χ1v) is 7.80. The fourth-order valence-corrected chi connectivity index (χ4v) is 3.22. The molecule has 0 radical (unpaired) electrons. The summed E-state index contributed by atoms with van der Waals surface area (Å²) in [7, 11) is 0. The summed E-state index contributed by atoms with van der Waals surface area (Å²) in [6.45, 7) is 3.35. The van der Waals surface area contributed by atoms with Gasteiger partial charge in [-0.3, -0.25) is 9.88 Å². The van der Waals surface area contributed by atoms with E-state index >= 15 is 0 Å². The summed E-state index contributed by atoms with van der Waals surface area (Å²) in [6.07, 6.45) is 9.32. The van der Waals surface area contributed by atoms with Gasteiger partial charge in [0, 0.05) is 24.5 Å². The molecule has 1 aromatic rings. The van der Waals surface area contributed by atoms with Crippen LogP contribution in [0.15, 0.2) is 24.5 Å². The van der Waals surface area contributed by atoms with Gasteiger partial charge in [0.2, 0.25) is 0 Å².